The summed E-state index contributed by atoms with van der Waals surface area (Å²) in [6.45, 7) is 3.09. The fourth-order valence-corrected chi connectivity index (χ4v) is 3.27. The van der Waals surface area contributed by atoms with Crippen LogP contribution in [-0.4, -0.2) is 71.0 Å². The zero-order valence-corrected chi connectivity index (χ0v) is 17.6. The predicted octanol–water partition coefficient (Wildman–Crippen LogP) is 2.47. The maximum Gasteiger partial charge on any atom is 0.321 e. The summed E-state index contributed by atoms with van der Waals surface area (Å²) in [4.78, 5) is 48.7. The summed E-state index contributed by atoms with van der Waals surface area (Å²) < 4.78 is 0. The van der Waals surface area contributed by atoms with Crippen molar-refractivity contribution >= 4 is 34.8 Å². The Morgan fingerprint density at radius 3 is 1.94 bits per heavy atom. The Morgan fingerprint density at radius 2 is 1.39 bits per heavy atom. The van der Waals surface area contributed by atoms with E-state index in [4.69, 9.17) is 0 Å². The molecule has 0 atom stereocenters. The van der Waals surface area contributed by atoms with Crippen LogP contribution in [0.15, 0.2) is 48.5 Å². The van der Waals surface area contributed by atoms with Crippen molar-refractivity contribution in [3.05, 3.63) is 68.8 Å². The minimum absolute atomic E-state index is 0.0976. The van der Waals surface area contributed by atoms with Gasteiger partial charge < -0.3 is 20.9 Å². The molecule has 3 N–H and O–H groups in total. The average molecular weight is 457 g/mol. The van der Waals surface area contributed by atoms with Crippen molar-refractivity contribution in [1.29, 1.82) is 0 Å². The predicted molar refractivity (Wildman–Crippen MR) is 120 cm³/mol. The molecular weight excluding hydrogens is 434 g/mol. The van der Waals surface area contributed by atoms with E-state index in [2.05, 4.69) is 20.9 Å². The highest BCUT2D eigenvalue weighted by Crippen LogP contribution is 2.18. The molecule has 0 aliphatic carbocycles. The molecule has 0 bridgehead atoms. The molecule has 33 heavy (non-hydrogen) atoms. The minimum atomic E-state index is -0.535. The molecule has 2 aromatic rings. The number of hydrogen-bond donors (Lipinski definition) is 3. The zero-order chi connectivity index (χ0) is 23.8. The highest BCUT2D eigenvalue weighted by atomic mass is 16.6. The number of amides is 4. The van der Waals surface area contributed by atoms with Gasteiger partial charge in [-0.15, -0.1) is 0 Å². The third-order valence-corrected chi connectivity index (χ3v) is 5.00. The summed E-state index contributed by atoms with van der Waals surface area (Å²) in [7, 11) is 0. The van der Waals surface area contributed by atoms with Crippen molar-refractivity contribution in [3.8, 4) is 0 Å². The number of carbonyl (C=O) groups is 2. The Bertz CT molecular complexity index is 1040. The molecule has 0 unspecified atom stereocenters. The summed E-state index contributed by atoms with van der Waals surface area (Å²) in [5.41, 5.74) is 0.473. The summed E-state index contributed by atoms with van der Waals surface area (Å²) in [5, 5.41) is 29.6. The van der Waals surface area contributed by atoms with Gasteiger partial charge in [0.2, 0.25) is 0 Å². The second-order valence-electron chi connectivity index (χ2n) is 7.25. The number of nitrogens with one attached hydrogen (secondary N) is 3. The number of anilines is 2. The molecule has 0 radical (unpaired) electrons. The van der Waals surface area contributed by atoms with Crippen LogP contribution in [-0.2, 0) is 0 Å². The third kappa shape index (κ3) is 6.87. The lowest BCUT2D eigenvalue weighted by atomic mass is 10.3. The number of rotatable bonds is 7. The topological polar surface area (TPSA) is 163 Å². The quantitative estimate of drug-likeness (QED) is 0.425. The first kappa shape index (κ1) is 23.4. The fourth-order valence-electron chi connectivity index (χ4n) is 3.27. The number of nitrogens with zero attached hydrogens (tertiary/aromatic N) is 4. The molecule has 174 valence electrons. The number of carbonyl (C=O) groups excluding carboxylic acids is 2. The van der Waals surface area contributed by atoms with Crippen LogP contribution in [0.4, 0.5) is 32.3 Å². The van der Waals surface area contributed by atoms with Gasteiger partial charge in [0.1, 0.15) is 0 Å². The summed E-state index contributed by atoms with van der Waals surface area (Å²) in [6, 6.07) is 10.6. The van der Waals surface area contributed by atoms with Crippen molar-refractivity contribution in [3.63, 3.8) is 0 Å². The van der Waals surface area contributed by atoms with Crippen LogP contribution < -0.4 is 16.0 Å². The Kier molecular flexibility index (Phi) is 7.70. The molecule has 1 aliphatic rings. The molecule has 13 nitrogen and oxygen atoms in total. The van der Waals surface area contributed by atoms with E-state index in [-0.39, 0.29) is 17.4 Å². The molecule has 13 heteroatoms. The molecule has 1 saturated heterocycles. The lowest BCUT2D eigenvalue weighted by molar-refractivity contribution is -0.385. The Labute approximate surface area is 188 Å². The Hall–Kier alpha value is -4.26. The number of hydrogen-bond acceptors (Lipinski definition) is 7. The van der Waals surface area contributed by atoms with Gasteiger partial charge in [-0.2, -0.15) is 0 Å². The Morgan fingerprint density at radius 1 is 0.848 bits per heavy atom. The van der Waals surface area contributed by atoms with Crippen molar-refractivity contribution in [1.82, 2.24) is 15.1 Å². The van der Waals surface area contributed by atoms with Gasteiger partial charge in [0.05, 0.1) is 9.85 Å². The molecule has 1 aliphatic heterocycles. The molecule has 0 aromatic heterocycles. The fraction of sp³-hybridized carbons (Fsp3) is 0.300. The number of urea groups is 2. The van der Waals surface area contributed by atoms with Crippen LogP contribution in [0.3, 0.4) is 0 Å². The first-order valence-corrected chi connectivity index (χ1v) is 10.1. The van der Waals surface area contributed by atoms with Crippen LogP contribution in [0.5, 0.6) is 0 Å². The lowest BCUT2D eigenvalue weighted by Crippen LogP contribution is -2.51. The van der Waals surface area contributed by atoms with E-state index in [1.54, 1.807) is 17.0 Å². The Balaban J connectivity index is 1.37. The standard InChI is InChI=1S/C20H23N7O6/c28-19(22-15-3-1-5-17(13-15)26(30)31)21-7-8-24-9-11-25(12-10-24)20(29)23-16-4-2-6-18(14-16)27(32)33/h1-6,13-14H,7-12H2,(H,23,29)(H2,21,22,28). The molecule has 3 rings (SSSR count). The van der Waals surface area contributed by atoms with E-state index in [1.165, 1.54) is 36.4 Å². The van der Waals surface area contributed by atoms with E-state index in [9.17, 15) is 29.8 Å². The van der Waals surface area contributed by atoms with Crippen molar-refractivity contribution in [2.75, 3.05) is 49.9 Å². The number of nitro groups is 2. The largest absolute Gasteiger partial charge is 0.337 e. The van der Waals surface area contributed by atoms with Crippen LogP contribution in [0, 0.1) is 20.2 Å². The van der Waals surface area contributed by atoms with Gasteiger partial charge in [0, 0.05) is 74.9 Å². The van der Waals surface area contributed by atoms with Gasteiger partial charge in [0.15, 0.2) is 0 Å². The number of non-ortho nitro benzene ring substituents is 2. The second-order valence-corrected chi connectivity index (χ2v) is 7.25. The molecule has 4 amide bonds. The average Bonchev–Trinajstić information content (AvgIpc) is 2.79. The molecule has 2 aromatic carbocycles. The first-order chi connectivity index (χ1) is 15.8. The number of benzene rings is 2. The van der Waals surface area contributed by atoms with Crippen LogP contribution in [0.25, 0.3) is 0 Å². The van der Waals surface area contributed by atoms with Gasteiger partial charge in [-0.05, 0) is 12.1 Å². The summed E-state index contributed by atoms with van der Waals surface area (Å²) in [5.74, 6) is 0. The maximum absolute atomic E-state index is 12.4. The van der Waals surface area contributed by atoms with E-state index in [1.807, 2.05) is 0 Å². The second kappa shape index (κ2) is 10.9. The van der Waals surface area contributed by atoms with E-state index >= 15 is 0 Å². The van der Waals surface area contributed by atoms with Crippen LogP contribution in [0.2, 0.25) is 0 Å². The minimum Gasteiger partial charge on any atom is -0.337 e. The smallest absolute Gasteiger partial charge is 0.321 e. The molecule has 0 spiro atoms. The maximum atomic E-state index is 12.4. The molecule has 1 fully saturated rings. The number of piperazine rings is 1. The molecular formula is C20H23N7O6. The highest BCUT2D eigenvalue weighted by molar-refractivity contribution is 5.90. The summed E-state index contributed by atoms with van der Waals surface area (Å²) in [6.07, 6.45) is 0. The van der Waals surface area contributed by atoms with Gasteiger partial charge in [0.25, 0.3) is 11.4 Å². The van der Waals surface area contributed by atoms with Gasteiger partial charge in [-0.3, -0.25) is 25.1 Å². The van der Waals surface area contributed by atoms with E-state index in [0.29, 0.717) is 50.6 Å². The monoisotopic (exact) mass is 457 g/mol. The van der Waals surface area contributed by atoms with E-state index < -0.39 is 15.9 Å². The molecule has 0 saturated carbocycles. The van der Waals surface area contributed by atoms with Gasteiger partial charge in [-0.1, -0.05) is 12.1 Å². The van der Waals surface area contributed by atoms with E-state index in [0.717, 1.165) is 0 Å². The first-order valence-electron chi connectivity index (χ1n) is 10.1. The van der Waals surface area contributed by atoms with Crippen molar-refractivity contribution in [2.45, 2.75) is 0 Å². The van der Waals surface area contributed by atoms with Crippen molar-refractivity contribution in [2.24, 2.45) is 0 Å². The van der Waals surface area contributed by atoms with Crippen LogP contribution >= 0.6 is 0 Å². The lowest BCUT2D eigenvalue weighted by Gasteiger charge is -2.34. The third-order valence-electron chi connectivity index (χ3n) is 5.00. The number of nitro benzene ring substituents is 2. The molecule has 1 heterocycles. The van der Waals surface area contributed by atoms with Gasteiger partial charge in [-0.25, -0.2) is 9.59 Å². The zero-order valence-electron chi connectivity index (χ0n) is 17.6. The van der Waals surface area contributed by atoms with Gasteiger partial charge >= 0.3 is 12.1 Å². The van der Waals surface area contributed by atoms with Crippen molar-refractivity contribution < 1.29 is 19.4 Å². The normalized spacial score (nSPS) is 13.8. The highest BCUT2D eigenvalue weighted by Gasteiger charge is 2.21. The van der Waals surface area contributed by atoms with Crippen LogP contribution in [0.1, 0.15) is 0 Å². The SMILES string of the molecule is O=C(NCCN1CCN(C(=O)Nc2cccc([N+](=O)[O-])c2)CC1)Nc1cccc([N+](=O)[O-])c1. The summed E-state index contributed by atoms with van der Waals surface area (Å²) >= 11 is 0.